The second-order valence-corrected chi connectivity index (χ2v) is 7.21. The van der Waals surface area contributed by atoms with Crippen molar-refractivity contribution in [3.05, 3.63) is 46.1 Å². The van der Waals surface area contributed by atoms with Gasteiger partial charge in [0, 0.05) is 18.9 Å². The highest BCUT2D eigenvalue weighted by Crippen LogP contribution is 2.20. The lowest BCUT2D eigenvalue weighted by molar-refractivity contribution is 0.586. The van der Waals surface area contributed by atoms with Gasteiger partial charge in [0.25, 0.3) is 0 Å². The number of pyridine rings is 1. The van der Waals surface area contributed by atoms with Gasteiger partial charge >= 0.3 is 0 Å². The van der Waals surface area contributed by atoms with E-state index in [4.69, 9.17) is 5.26 Å². The van der Waals surface area contributed by atoms with Gasteiger partial charge in [-0.1, -0.05) is 6.07 Å². The molecule has 120 valence electrons. The van der Waals surface area contributed by atoms with Crippen molar-refractivity contribution in [2.45, 2.75) is 12.3 Å². The molecule has 0 amide bonds. The van der Waals surface area contributed by atoms with Gasteiger partial charge in [0.05, 0.1) is 10.2 Å². The lowest BCUT2D eigenvalue weighted by Crippen LogP contribution is -2.22. The first kappa shape index (κ1) is 17.3. The number of anilines is 1. The normalized spacial score (nSPS) is 11.0. The van der Waals surface area contributed by atoms with Crippen LogP contribution in [0.5, 0.6) is 0 Å². The number of sulfonamides is 1. The molecule has 0 aliphatic carbocycles. The third kappa shape index (κ3) is 4.69. The monoisotopic (exact) mass is 396 g/mol. The summed E-state index contributed by atoms with van der Waals surface area (Å²) >= 11 is 3.29. The number of nitriles is 1. The van der Waals surface area contributed by atoms with Gasteiger partial charge in [0.1, 0.15) is 17.6 Å². The summed E-state index contributed by atoms with van der Waals surface area (Å²) in [5.41, 5.74) is 1.16. The molecule has 0 saturated carbocycles. The molecule has 0 aliphatic heterocycles. The summed E-state index contributed by atoms with van der Waals surface area (Å²) in [4.78, 5) is 12.0. The van der Waals surface area contributed by atoms with E-state index in [2.05, 4.69) is 40.9 Å². The zero-order chi connectivity index (χ0) is 16.9. The van der Waals surface area contributed by atoms with E-state index in [1.54, 1.807) is 18.3 Å². The van der Waals surface area contributed by atoms with Crippen LogP contribution in [-0.4, -0.2) is 30.4 Å². The Hall–Kier alpha value is -2.09. The average Bonchev–Trinajstić information content (AvgIpc) is 2.55. The van der Waals surface area contributed by atoms with Crippen molar-refractivity contribution in [1.82, 2.24) is 19.7 Å². The van der Waals surface area contributed by atoms with E-state index in [1.165, 1.54) is 13.2 Å². The molecule has 2 aromatic rings. The largest absolute Gasteiger partial charge is 0.365 e. The number of halogens is 1. The summed E-state index contributed by atoms with van der Waals surface area (Å²) in [6, 6.07) is 5.36. The lowest BCUT2D eigenvalue weighted by atomic mass is 10.2. The number of rotatable bonds is 6. The fraction of sp³-hybridized carbons (Fsp3) is 0.231. The van der Waals surface area contributed by atoms with E-state index in [0.717, 1.165) is 5.56 Å². The minimum atomic E-state index is -3.42. The number of nitrogens with one attached hydrogen (secondary N) is 2. The van der Waals surface area contributed by atoms with Crippen molar-refractivity contribution in [2.75, 3.05) is 12.4 Å². The van der Waals surface area contributed by atoms with Crippen molar-refractivity contribution < 1.29 is 8.42 Å². The molecule has 2 aromatic heterocycles. The Morgan fingerprint density at radius 2 is 2.17 bits per heavy atom. The second kappa shape index (κ2) is 7.45. The van der Waals surface area contributed by atoms with Crippen molar-refractivity contribution >= 4 is 31.8 Å². The van der Waals surface area contributed by atoms with Crippen molar-refractivity contribution in [2.24, 2.45) is 0 Å². The van der Waals surface area contributed by atoms with Crippen LogP contribution in [0.2, 0.25) is 0 Å². The Balaban J connectivity index is 2.20. The molecule has 23 heavy (non-hydrogen) atoms. The van der Waals surface area contributed by atoms with Crippen molar-refractivity contribution in [3.63, 3.8) is 0 Å². The van der Waals surface area contributed by atoms with Crippen LogP contribution in [0, 0.1) is 11.3 Å². The van der Waals surface area contributed by atoms with Crippen LogP contribution in [0.25, 0.3) is 0 Å². The first-order valence-electron chi connectivity index (χ1n) is 6.45. The predicted octanol–water partition coefficient (Wildman–Crippen LogP) is 1.17. The second-order valence-electron chi connectivity index (χ2n) is 4.43. The molecule has 0 saturated heterocycles. The van der Waals surface area contributed by atoms with Gasteiger partial charge < -0.3 is 5.32 Å². The van der Waals surface area contributed by atoms with E-state index < -0.39 is 10.0 Å². The van der Waals surface area contributed by atoms with Crippen molar-refractivity contribution in [1.29, 1.82) is 5.26 Å². The quantitative estimate of drug-likeness (QED) is 0.751. The predicted molar refractivity (Wildman–Crippen MR) is 87.7 cm³/mol. The maximum atomic E-state index is 11.7. The third-order valence-corrected chi connectivity index (χ3v) is 4.77. The molecular weight excluding hydrogens is 384 g/mol. The van der Waals surface area contributed by atoms with Crippen LogP contribution >= 0.6 is 15.9 Å². The molecule has 2 rings (SSSR count). The molecule has 10 heteroatoms. The standard InChI is InChI=1S/C13H13BrN6O2S/c1-16-23(21,22)8-11-9(3-2-4-17-11)6-19-13-10(14)7-18-12(5-15)20-13/h2-4,7,16H,6,8H2,1H3,(H,18,19,20). The van der Waals surface area contributed by atoms with Crippen LogP contribution in [-0.2, 0) is 22.3 Å². The average molecular weight is 397 g/mol. The van der Waals surface area contributed by atoms with Gasteiger partial charge in [0.15, 0.2) is 0 Å². The highest BCUT2D eigenvalue weighted by Gasteiger charge is 2.14. The topological polar surface area (TPSA) is 121 Å². The summed E-state index contributed by atoms with van der Waals surface area (Å²) in [6.45, 7) is 0.308. The highest BCUT2D eigenvalue weighted by molar-refractivity contribution is 9.10. The maximum absolute atomic E-state index is 11.7. The Bertz CT molecular complexity index is 850. The number of hydrogen-bond acceptors (Lipinski definition) is 7. The SMILES string of the molecule is CNS(=O)(=O)Cc1ncccc1CNc1nc(C#N)ncc1Br. The van der Waals surface area contributed by atoms with Crippen LogP contribution in [0.4, 0.5) is 5.82 Å². The summed E-state index contributed by atoms with van der Waals surface area (Å²) < 4.78 is 26.3. The van der Waals surface area contributed by atoms with Crippen molar-refractivity contribution in [3.8, 4) is 6.07 Å². The smallest absolute Gasteiger partial charge is 0.234 e. The van der Waals surface area contributed by atoms with Crippen LogP contribution in [0.3, 0.4) is 0 Å². The molecule has 0 radical (unpaired) electrons. The fourth-order valence-corrected chi connectivity index (χ4v) is 2.83. The lowest BCUT2D eigenvalue weighted by Gasteiger charge is -2.11. The molecule has 0 aromatic carbocycles. The molecule has 2 N–H and O–H groups in total. The molecule has 0 bridgehead atoms. The molecular formula is C13H13BrN6O2S. The van der Waals surface area contributed by atoms with Crippen LogP contribution < -0.4 is 10.0 Å². The Labute approximate surface area is 142 Å². The van der Waals surface area contributed by atoms with Gasteiger partial charge in [-0.3, -0.25) is 4.98 Å². The first-order valence-corrected chi connectivity index (χ1v) is 8.90. The summed E-state index contributed by atoms with van der Waals surface area (Å²) in [6.07, 6.45) is 3.02. The Morgan fingerprint density at radius 3 is 2.87 bits per heavy atom. The number of hydrogen-bond donors (Lipinski definition) is 2. The molecule has 0 aliphatic rings. The van der Waals surface area contributed by atoms with Crippen LogP contribution in [0.15, 0.2) is 29.0 Å². The van der Waals surface area contributed by atoms with E-state index in [1.807, 2.05) is 6.07 Å². The molecule has 0 fully saturated rings. The minimum Gasteiger partial charge on any atom is -0.365 e. The van der Waals surface area contributed by atoms with Gasteiger partial charge in [-0.05, 0) is 34.6 Å². The van der Waals surface area contributed by atoms with E-state index in [-0.39, 0.29) is 11.6 Å². The van der Waals surface area contributed by atoms with E-state index >= 15 is 0 Å². The molecule has 2 heterocycles. The minimum absolute atomic E-state index is 0.0415. The molecule has 0 atom stereocenters. The molecule has 0 spiro atoms. The molecule has 0 unspecified atom stereocenters. The number of aromatic nitrogens is 3. The molecule has 8 nitrogen and oxygen atoms in total. The van der Waals surface area contributed by atoms with Crippen LogP contribution in [0.1, 0.15) is 17.1 Å². The maximum Gasteiger partial charge on any atom is 0.234 e. The zero-order valence-electron chi connectivity index (χ0n) is 12.1. The number of nitrogens with zero attached hydrogens (tertiary/aromatic N) is 4. The first-order chi connectivity index (χ1) is 10.9. The Morgan fingerprint density at radius 1 is 1.39 bits per heavy atom. The van der Waals surface area contributed by atoms with Gasteiger partial charge in [-0.2, -0.15) is 5.26 Å². The van der Waals surface area contributed by atoms with Gasteiger partial charge in [-0.25, -0.2) is 23.1 Å². The summed E-state index contributed by atoms with van der Waals surface area (Å²) in [5.74, 6) is 0.276. The summed E-state index contributed by atoms with van der Waals surface area (Å²) in [5, 5.41) is 11.9. The van der Waals surface area contributed by atoms with E-state index in [9.17, 15) is 8.42 Å². The zero-order valence-corrected chi connectivity index (χ0v) is 14.5. The highest BCUT2D eigenvalue weighted by atomic mass is 79.9. The van der Waals surface area contributed by atoms with Gasteiger partial charge in [0.2, 0.25) is 15.8 Å². The third-order valence-electron chi connectivity index (χ3n) is 2.91. The van der Waals surface area contributed by atoms with E-state index in [0.29, 0.717) is 22.5 Å². The van der Waals surface area contributed by atoms with Gasteiger partial charge in [-0.15, -0.1) is 0 Å². The Kier molecular flexibility index (Phi) is 5.59. The summed E-state index contributed by atoms with van der Waals surface area (Å²) in [7, 11) is -2.06. The fourth-order valence-electron chi connectivity index (χ4n) is 1.74.